The van der Waals surface area contributed by atoms with Gasteiger partial charge in [0.25, 0.3) is 0 Å². The van der Waals surface area contributed by atoms with Crippen molar-refractivity contribution in [3.63, 3.8) is 0 Å². The van der Waals surface area contributed by atoms with Gasteiger partial charge in [-0.15, -0.1) is 22.6 Å². The van der Waals surface area contributed by atoms with Gasteiger partial charge in [-0.2, -0.15) is 0 Å². The van der Waals surface area contributed by atoms with Crippen LogP contribution in [0.5, 0.6) is 0 Å². The Kier molecular flexibility index (Phi) is 4.34. The van der Waals surface area contributed by atoms with Crippen molar-refractivity contribution < 1.29 is 0 Å². The second-order valence-corrected chi connectivity index (χ2v) is 4.99. The Labute approximate surface area is 121 Å². The molecule has 1 aromatic heterocycles. The lowest BCUT2D eigenvalue weighted by Gasteiger charge is -2.01. The maximum Gasteiger partial charge on any atom is 0.212 e. The van der Waals surface area contributed by atoms with Crippen molar-refractivity contribution in [2.75, 3.05) is 18.4 Å². The molecule has 0 saturated heterocycles. The van der Waals surface area contributed by atoms with Crippen LogP contribution in [0.1, 0.15) is 5.56 Å². The molecule has 0 unspecified atom stereocenters. The summed E-state index contributed by atoms with van der Waals surface area (Å²) in [6, 6.07) is 8.17. The van der Waals surface area contributed by atoms with E-state index in [2.05, 4.69) is 44.9 Å². The molecule has 0 spiro atoms. The predicted molar refractivity (Wildman–Crippen MR) is 81.3 cm³/mol. The zero-order valence-electron chi connectivity index (χ0n) is 10.4. The number of anilines is 1. The molecule has 1 aliphatic heterocycles. The van der Waals surface area contributed by atoms with Crippen LogP contribution in [0, 0.1) is 6.92 Å². The number of nitrogens with one attached hydrogen (secondary N) is 2. The number of halogens is 1. The molecular formula is C12H14ClN5S. The van der Waals surface area contributed by atoms with Crippen molar-refractivity contribution in [1.82, 2.24) is 15.5 Å². The van der Waals surface area contributed by atoms with E-state index in [0.29, 0.717) is 0 Å². The monoisotopic (exact) mass is 295 g/mol. The number of benzene rings is 1. The lowest BCUT2D eigenvalue weighted by atomic mass is 10.1. The van der Waals surface area contributed by atoms with Crippen molar-refractivity contribution >= 4 is 34.8 Å². The molecule has 100 valence electrons. The quantitative estimate of drug-likeness (QED) is 0.892. The fourth-order valence-electron chi connectivity index (χ4n) is 1.78. The van der Waals surface area contributed by atoms with Gasteiger partial charge in [0, 0.05) is 12.1 Å². The van der Waals surface area contributed by atoms with E-state index in [1.807, 2.05) is 12.1 Å². The number of aromatic nitrogens is 2. The first-order valence-corrected chi connectivity index (χ1v) is 6.59. The molecule has 0 fully saturated rings. The summed E-state index contributed by atoms with van der Waals surface area (Å²) in [6.07, 6.45) is 0. The van der Waals surface area contributed by atoms with Crippen LogP contribution in [0.25, 0.3) is 10.6 Å². The Morgan fingerprint density at radius 3 is 2.84 bits per heavy atom. The average molecular weight is 296 g/mol. The first-order chi connectivity index (χ1) is 8.83. The molecule has 0 aliphatic carbocycles. The zero-order chi connectivity index (χ0) is 12.4. The SMILES string of the molecule is Cc1ccccc1-c1nnc(NC2=NCCN2)s1.Cl. The number of hydrogen-bond donors (Lipinski definition) is 2. The fraction of sp³-hybridized carbons (Fsp3) is 0.250. The van der Waals surface area contributed by atoms with Crippen molar-refractivity contribution in [2.45, 2.75) is 6.92 Å². The first kappa shape index (κ1) is 13.8. The van der Waals surface area contributed by atoms with E-state index in [4.69, 9.17) is 0 Å². The Balaban J connectivity index is 0.00000133. The van der Waals surface area contributed by atoms with E-state index in [9.17, 15) is 0 Å². The fourth-order valence-corrected chi connectivity index (χ4v) is 2.61. The van der Waals surface area contributed by atoms with Gasteiger partial charge >= 0.3 is 0 Å². The van der Waals surface area contributed by atoms with Crippen molar-refractivity contribution in [2.24, 2.45) is 4.99 Å². The van der Waals surface area contributed by atoms with Gasteiger partial charge in [0.15, 0.2) is 5.96 Å². The molecule has 1 aromatic carbocycles. The average Bonchev–Trinajstić information content (AvgIpc) is 3.02. The van der Waals surface area contributed by atoms with Gasteiger partial charge in [-0.05, 0) is 12.5 Å². The van der Waals surface area contributed by atoms with Crippen molar-refractivity contribution in [3.05, 3.63) is 29.8 Å². The van der Waals surface area contributed by atoms with Gasteiger partial charge in [-0.25, -0.2) is 0 Å². The van der Waals surface area contributed by atoms with Crippen LogP contribution in [-0.4, -0.2) is 29.2 Å². The number of hydrogen-bond acceptors (Lipinski definition) is 6. The van der Waals surface area contributed by atoms with Gasteiger partial charge in [0.2, 0.25) is 5.13 Å². The first-order valence-electron chi connectivity index (χ1n) is 5.78. The van der Waals surface area contributed by atoms with Crippen molar-refractivity contribution in [1.29, 1.82) is 0 Å². The number of nitrogens with zero attached hydrogens (tertiary/aromatic N) is 3. The molecule has 0 amide bonds. The molecule has 1 aliphatic rings. The minimum Gasteiger partial charge on any atom is -0.354 e. The molecule has 7 heteroatoms. The molecule has 2 aromatic rings. The smallest absolute Gasteiger partial charge is 0.212 e. The molecule has 5 nitrogen and oxygen atoms in total. The zero-order valence-corrected chi connectivity index (χ0v) is 12.0. The molecule has 2 heterocycles. The van der Waals surface area contributed by atoms with Crippen LogP contribution in [0.3, 0.4) is 0 Å². The number of aryl methyl sites for hydroxylation is 1. The topological polar surface area (TPSA) is 62.2 Å². The Morgan fingerprint density at radius 1 is 1.26 bits per heavy atom. The van der Waals surface area contributed by atoms with Crippen LogP contribution >= 0.6 is 23.7 Å². The van der Waals surface area contributed by atoms with Crippen molar-refractivity contribution in [3.8, 4) is 10.6 Å². The summed E-state index contributed by atoms with van der Waals surface area (Å²) in [5.74, 6) is 0.780. The van der Waals surface area contributed by atoms with E-state index in [0.717, 1.165) is 34.8 Å². The summed E-state index contributed by atoms with van der Waals surface area (Å²) >= 11 is 1.53. The maximum absolute atomic E-state index is 4.26. The molecule has 0 bridgehead atoms. The highest BCUT2D eigenvalue weighted by Crippen LogP contribution is 2.28. The number of rotatable bonds is 2. The maximum atomic E-state index is 4.26. The number of aliphatic imine (C=N–C) groups is 1. The van der Waals surface area contributed by atoms with Crippen LogP contribution in [0.15, 0.2) is 29.3 Å². The summed E-state index contributed by atoms with van der Waals surface area (Å²) in [4.78, 5) is 4.26. The van der Waals surface area contributed by atoms with Crippen LogP contribution < -0.4 is 10.6 Å². The lowest BCUT2D eigenvalue weighted by molar-refractivity contribution is 0.958. The molecule has 19 heavy (non-hydrogen) atoms. The number of guanidine groups is 1. The van der Waals surface area contributed by atoms with Gasteiger partial charge < -0.3 is 10.6 Å². The Morgan fingerprint density at radius 2 is 2.11 bits per heavy atom. The summed E-state index contributed by atoms with van der Waals surface area (Å²) in [5, 5.41) is 16.3. The van der Waals surface area contributed by atoms with E-state index >= 15 is 0 Å². The van der Waals surface area contributed by atoms with E-state index in [1.54, 1.807) is 0 Å². The largest absolute Gasteiger partial charge is 0.354 e. The molecule has 0 radical (unpaired) electrons. The molecule has 0 saturated carbocycles. The summed E-state index contributed by atoms with van der Waals surface area (Å²) in [6.45, 7) is 3.77. The minimum atomic E-state index is 0. The predicted octanol–water partition coefficient (Wildman–Crippen LogP) is 2.31. The second kappa shape index (κ2) is 5.99. The minimum absolute atomic E-state index is 0. The highest BCUT2D eigenvalue weighted by Gasteiger charge is 2.11. The van der Waals surface area contributed by atoms with Gasteiger partial charge in [0.1, 0.15) is 5.01 Å². The van der Waals surface area contributed by atoms with Crippen LogP contribution in [0.2, 0.25) is 0 Å². The summed E-state index contributed by atoms with van der Waals surface area (Å²) in [7, 11) is 0. The van der Waals surface area contributed by atoms with Gasteiger partial charge in [-0.1, -0.05) is 35.6 Å². The third-order valence-electron chi connectivity index (χ3n) is 2.70. The van der Waals surface area contributed by atoms with Crippen LogP contribution in [0.4, 0.5) is 5.13 Å². The Bertz CT molecular complexity index is 595. The molecule has 2 N–H and O–H groups in total. The third-order valence-corrected chi connectivity index (χ3v) is 3.57. The standard InChI is InChI=1S/C12H13N5S.ClH/c1-8-4-2-3-5-9(8)10-16-17-12(18-10)15-11-13-6-7-14-11;/h2-5H,6-7H2,1H3,(H2,13,14,15,17);1H. The third kappa shape index (κ3) is 3.02. The summed E-state index contributed by atoms with van der Waals surface area (Å²) < 4.78 is 0. The van der Waals surface area contributed by atoms with E-state index < -0.39 is 0 Å². The highest BCUT2D eigenvalue weighted by atomic mass is 35.5. The molecule has 3 rings (SSSR count). The summed E-state index contributed by atoms with van der Waals surface area (Å²) in [5.41, 5.74) is 2.33. The second-order valence-electron chi connectivity index (χ2n) is 4.01. The van der Waals surface area contributed by atoms with Gasteiger partial charge in [0.05, 0.1) is 6.54 Å². The van der Waals surface area contributed by atoms with E-state index in [-0.39, 0.29) is 12.4 Å². The molecule has 0 atom stereocenters. The normalized spacial score (nSPS) is 13.4. The molecular weight excluding hydrogens is 282 g/mol. The van der Waals surface area contributed by atoms with E-state index in [1.165, 1.54) is 16.9 Å². The lowest BCUT2D eigenvalue weighted by Crippen LogP contribution is -2.26. The van der Waals surface area contributed by atoms with Gasteiger partial charge in [-0.3, -0.25) is 4.99 Å². The van der Waals surface area contributed by atoms with Crippen LogP contribution in [-0.2, 0) is 0 Å². The Hall–Kier alpha value is -1.66. The highest BCUT2D eigenvalue weighted by molar-refractivity contribution is 7.18.